The van der Waals surface area contributed by atoms with Crippen LogP contribution in [0.25, 0.3) is 0 Å². The minimum Gasteiger partial charge on any atom is -0.457 e. The summed E-state index contributed by atoms with van der Waals surface area (Å²) in [5.41, 5.74) is 0.438. The van der Waals surface area contributed by atoms with Gasteiger partial charge < -0.3 is 9.64 Å². The molecular formula is C22H22ClNO4. The maximum atomic E-state index is 13.1. The molecule has 1 fully saturated rings. The summed E-state index contributed by atoms with van der Waals surface area (Å²) in [7, 11) is 0. The average molecular weight is 400 g/mol. The number of amides is 1. The van der Waals surface area contributed by atoms with Crippen LogP contribution >= 0.6 is 11.6 Å². The molecule has 0 bridgehead atoms. The monoisotopic (exact) mass is 399 g/mol. The van der Waals surface area contributed by atoms with E-state index in [-0.39, 0.29) is 18.3 Å². The third kappa shape index (κ3) is 4.25. The van der Waals surface area contributed by atoms with Gasteiger partial charge in [-0.15, -0.1) is 0 Å². The van der Waals surface area contributed by atoms with E-state index in [4.69, 9.17) is 16.3 Å². The lowest BCUT2D eigenvalue weighted by molar-refractivity contribution is -0.153. The number of benzene rings is 2. The highest BCUT2D eigenvalue weighted by Crippen LogP contribution is 2.37. The van der Waals surface area contributed by atoms with Crippen LogP contribution < -0.4 is 0 Å². The molecule has 2 aromatic carbocycles. The van der Waals surface area contributed by atoms with Crippen molar-refractivity contribution in [1.29, 1.82) is 0 Å². The van der Waals surface area contributed by atoms with Crippen molar-refractivity contribution in [3.05, 3.63) is 70.7 Å². The number of carbonyl (C=O) groups is 3. The van der Waals surface area contributed by atoms with Gasteiger partial charge in [-0.1, -0.05) is 41.9 Å². The topological polar surface area (TPSA) is 63.7 Å². The van der Waals surface area contributed by atoms with Gasteiger partial charge in [0, 0.05) is 30.6 Å². The minimum absolute atomic E-state index is 0.00653. The number of hydrogen-bond acceptors (Lipinski definition) is 4. The lowest BCUT2D eigenvalue weighted by atomic mass is 9.72. The number of nitrogens with zero attached hydrogens (tertiary/aromatic N) is 1. The van der Waals surface area contributed by atoms with Crippen LogP contribution in [0, 0.1) is 0 Å². The maximum absolute atomic E-state index is 13.1. The lowest BCUT2D eigenvalue weighted by Crippen LogP contribution is -2.49. The summed E-state index contributed by atoms with van der Waals surface area (Å²) in [6.45, 7) is 2.15. The van der Waals surface area contributed by atoms with Crippen LogP contribution in [0.5, 0.6) is 0 Å². The molecular weight excluding hydrogens is 378 g/mol. The number of esters is 1. The van der Waals surface area contributed by atoms with Crippen molar-refractivity contribution in [2.75, 3.05) is 19.7 Å². The molecule has 6 heteroatoms. The Kier molecular flexibility index (Phi) is 6.15. The first-order valence-corrected chi connectivity index (χ1v) is 9.57. The Bertz CT molecular complexity index is 856. The van der Waals surface area contributed by atoms with Gasteiger partial charge in [-0.3, -0.25) is 14.4 Å². The van der Waals surface area contributed by atoms with E-state index in [0.717, 1.165) is 5.56 Å². The number of ketones is 1. The van der Waals surface area contributed by atoms with E-state index in [2.05, 4.69) is 0 Å². The van der Waals surface area contributed by atoms with Gasteiger partial charge >= 0.3 is 5.97 Å². The van der Waals surface area contributed by atoms with Gasteiger partial charge in [-0.2, -0.15) is 0 Å². The maximum Gasteiger partial charge on any atom is 0.317 e. The van der Waals surface area contributed by atoms with Gasteiger partial charge in [0.1, 0.15) is 0 Å². The second-order valence-corrected chi connectivity index (χ2v) is 7.40. The molecule has 0 atom stereocenters. The molecule has 146 valence electrons. The van der Waals surface area contributed by atoms with Crippen LogP contribution in [0.2, 0.25) is 5.02 Å². The number of hydrogen-bond donors (Lipinski definition) is 0. The fraction of sp³-hybridized carbons (Fsp3) is 0.318. The molecule has 0 N–H and O–H groups in total. The molecule has 3 rings (SSSR count). The number of Topliss-reactive ketones (excluding diaryl/α,β-unsaturated/α-hetero) is 1. The summed E-state index contributed by atoms with van der Waals surface area (Å²) < 4.78 is 5.46. The lowest BCUT2D eigenvalue weighted by Gasteiger charge is -2.40. The van der Waals surface area contributed by atoms with E-state index in [0.29, 0.717) is 36.5 Å². The van der Waals surface area contributed by atoms with Crippen LogP contribution in [0.1, 0.15) is 35.7 Å². The second kappa shape index (κ2) is 8.57. The predicted molar refractivity (Wildman–Crippen MR) is 106 cm³/mol. The van der Waals surface area contributed by atoms with Crippen LogP contribution in [0.4, 0.5) is 0 Å². The van der Waals surface area contributed by atoms with Crippen molar-refractivity contribution in [3.63, 3.8) is 0 Å². The largest absolute Gasteiger partial charge is 0.457 e. The molecule has 1 saturated heterocycles. The van der Waals surface area contributed by atoms with Gasteiger partial charge in [0.2, 0.25) is 5.91 Å². The molecule has 0 aromatic heterocycles. The molecule has 2 aromatic rings. The number of rotatable bonds is 5. The van der Waals surface area contributed by atoms with Gasteiger partial charge in [-0.25, -0.2) is 0 Å². The zero-order chi connectivity index (χ0) is 20.1. The number of ether oxygens (including phenoxy) is 1. The summed E-state index contributed by atoms with van der Waals surface area (Å²) in [4.78, 5) is 38.8. The Morgan fingerprint density at radius 1 is 1.00 bits per heavy atom. The Hall–Kier alpha value is -2.66. The van der Waals surface area contributed by atoms with E-state index in [1.807, 2.05) is 30.3 Å². The fourth-order valence-electron chi connectivity index (χ4n) is 3.56. The van der Waals surface area contributed by atoms with Crippen molar-refractivity contribution in [1.82, 2.24) is 4.90 Å². The molecule has 0 radical (unpaired) electrons. The molecule has 1 amide bonds. The van der Waals surface area contributed by atoms with Gasteiger partial charge in [0.05, 0.1) is 5.41 Å². The molecule has 0 unspecified atom stereocenters. The summed E-state index contributed by atoms with van der Waals surface area (Å²) >= 11 is 5.84. The van der Waals surface area contributed by atoms with Crippen LogP contribution in [0.3, 0.4) is 0 Å². The van der Waals surface area contributed by atoms with E-state index >= 15 is 0 Å². The van der Waals surface area contributed by atoms with Gasteiger partial charge in [0.25, 0.3) is 0 Å². The smallest absolute Gasteiger partial charge is 0.317 e. The quantitative estimate of drug-likeness (QED) is 0.568. The number of carbonyl (C=O) groups excluding carboxylic acids is 3. The first-order valence-electron chi connectivity index (χ1n) is 9.19. The van der Waals surface area contributed by atoms with Crippen LogP contribution in [-0.4, -0.2) is 42.3 Å². The zero-order valence-corrected chi connectivity index (χ0v) is 16.4. The standard InChI is InChI=1S/C22H22ClNO4/c1-16(25)24-13-11-22(12-14-24,18-5-3-2-4-6-18)21(27)28-15-20(26)17-7-9-19(23)10-8-17/h2-10H,11-15H2,1H3. The van der Waals surface area contributed by atoms with Crippen molar-refractivity contribution < 1.29 is 19.1 Å². The molecule has 1 aliphatic rings. The molecule has 1 heterocycles. The first kappa shape index (κ1) is 20.1. The first-order chi connectivity index (χ1) is 13.4. The summed E-state index contributed by atoms with van der Waals surface area (Å²) in [5.74, 6) is -0.716. The van der Waals surface area contributed by atoms with Crippen molar-refractivity contribution in [3.8, 4) is 0 Å². The van der Waals surface area contributed by atoms with E-state index in [1.165, 1.54) is 6.92 Å². The second-order valence-electron chi connectivity index (χ2n) is 6.96. The van der Waals surface area contributed by atoms with E-state index < -0.39 is 11.4 Å². The average Bonchev–Trinajstić information content (AvgIpc) is 2.72. The highest BCUT2D eigenvalue weighted by Gasteiger charge is 2.44. The summed E-state index contributed by atoms with van der Waals surface area (Å²) in [5, 5.41) is 0.536. The molecule has 0 saturated carbocycles. The Balaban J connectivity index is 1.75. The third-order valence-electron chi connectivity index (χ3n) is 5.28. The van der Waals surface area contributed by atoms with Crippen LogP contribution in [-0.2, 0) is 19.7 Å². The Morgan fingerprint density at radius 3 is 2.18 bits per heavy atom. The van der Waals surface area contributed by atoms with Crippen molar-refractivity contribution >= 4 is 29.3 Å². The summed E-state index contributed by atoms with van der Waals surface area (Å²) in [6, 6.07) is 15.9. The normalized spacial score (nSPS) is 15.7. The van der Waals surface area contributed by atoms with E-state index in [1.54, 1.807) is 29.2 Å². The molecule has 1 aliphatic heterocycles. The Labute approximate surface area is 169 Å². The number of halogens is 1. The molecule has 0 aliphatic carbocycles. The van der Waals surface area contributed by atoms with Crippen LogP contribution in [0.15, 0.2) is 54.6 Å². The SMILES string of the molecule is CC(=O)N1CCC(C(=O)OCC(=O)c2ccc(Cl)cc2)(c2ccccc2)CC1. The summed E-state index contributed by atoms with van der Waals surface area (Å²) in [6.07, 6.45) is 0.926. The van der Waals surface area contributed by atoms with Gasteiger partial charge in [0.15, 0.2) is 12.4 Å². The molecule has 5 nitrogen and oxygen atoms in total. The third-order valence-corrected chi connectivity index (χ3v) is 5.53. The highest BCUT2D eigenvalue weighted by molar-refractivity contribution is 6.30. The molecule has 28 heavy (non-hydrogen) atoms. The number of likely N-dealkylation sites (tertiary alicyclic amines) is 1. The van der Waals surface area contributed by atoms with Crippen molar-refractivity contribution in [2.24, 2.45) is 0 Å². The number of piperidine rings is 1. The van der Waals surface area contributed by atoms with Crippen molar-refractivity contribution in [2.45, 2.75) is 25.2 Å². The van der Waals surface area contributed by atoms with E-state index in [9.17, 15) is 14.4 Å². The Morgan fingerprint density at radius 2 is 1.61 bits per heavy atom. The highest BCUT2D eigenvalue weighted by atomic mass is 35.5. The fourth-order valence-corrected chi connectivity index (χ4v) is 3.69. The predicted octanol–water partition coefficient (Wildman–Crippen LogP) is 3.65. The van der Waals surface area contributed by atoms with Gasteiger partial charge in [-0.05, 0) is 42.7 Å². The molecule has 0 spiro atoms. The minimum atomic E-state index is -0.854. The zero-order valence-electron chi connectivity index (χ0n) is 15.7.